The maximum atomic E-state index is 14.2. The van der Waals surface area contributed by atoms with Crippen LogP contribution in [0.3, 0.4) is 0 Å². The van der Waals surface area contributed by atoms with Crippen molar-refractivity contribution in [3.05, 3.63) is 11.9 Å². The number of hydrogen-bond donors (Lipinski definition) is 18. The van der Waals surface area contributed by atoms with Gasteiger partial charge in [-0.25, -0.2) is 0 Å². The number of amides is 9. The van der Waals surface area contributed by atoms with E-state index < -0.39 is 121 Å². The maximum Gasteiger partial charge on any atom is 0.245 e. The van der Waals surface area contributed by atoms with Crippen molar-refractivity contribution < 1.29 is 48.3 Å². The highest BCUT2D eigenvalue weighted by molar-refractivity contribution is 5.98. The van der Waals surface area contributed by atoms with E-state index in [0.717, 1.165) is 0 Å². The van der Waals surface area contributed by atoms with Crippen molar-refractivity contribution in [2.24, 2.45) is 45.1 Å². The average molecular weight is 1040 g/mol. The minimum absolute atomic E-state index is 0.0330. The zero-order valence-electron chi connectivity index (χ0n) is 42.2. The predicted octanol–water partition coefficient (Wildman–Crippen LogP) is -8.15. The van der Waals surface area contributed by atoms with Crippen LogP contribution in [0.1, 0.15) is 90.4 Å². The standard InChI is InChI=1S/C44H83N19O10/c1-25(57-42(72)35(33(64)21-47)62-38(68)27(48)10-3-5-15-45)37(67)55-23-34(65)58-30(12-7-16-46)43(73)63-19-9-14-32(63)41(71)61-31(20-26-22-53-24-56-26)40(70)60-29(11-4-6-17-52-2)39(69)59-28(36(49)66)13-8-18-54-44(50)51/h22,25,27-33,35,52-53,56,64H,3-21,23-24,45-48H2,1-2H3,(H2,49,66)(H,55,67)(H,57,72)(H,58,65)(H,59,69)(H,60,70)(H,61,71)(H,62,68)(H4,50,51,54)/t25?,27?,28-,29+,30-,31?,32+,33+,35+/m1/s1. The van der Waals surface area contributed by atoms with Gasteiger partial charge in [0.15, 0.2) is 5.96 Å². The molecule has 3 unspecified atom stereocenters. The van der Waals surface area contributed by atoms with E-state index in [-0.39, 0.29) is 64.1 Å². The van der Waals surface area contributed by atoms with Crippen LogP contribution in [0.25, 0.3) is 0 Å². The molecule has 0 bridgehead atoms. The number of aliphatic hydroxyl groups excluding tert-OH is 1. The van der Waals surface area contributed by atoms with Crippen molar-refractivity contribution in [3.8, 4) is 0 Å². The number of nitrogens with zero attached hydrogens (tertiary/aromatic N) is 2. The van der Waals surface area contributed by atoms with Gasteiger partial charge in [-0.05, 0) is 104 Å². The first-order valence-corrected chi connectivity index (χ1v) is 24.9. The van der Waals surface area contributed by atoms with Crippen LogP contribution in [0, 0.1) is 0 Å². The lowest BCUT2D eigenvalue weighted by atomic mass is 10.0. The molecule has 29 nitrogen and oxygen atoms in total. The molecule has 0 aromatic carbocycles. The molecule has 0 radical (unpaired) electrons. The number of carbonyl (C=O) groups excluding carboxylic acids is 9. The minimum atomic E-state index is -1.55. The van der Waals surface area contributed by atoms with Crippen molar-refractivity contribution in [2.75, 3.05) is 59.5 Å². The van der Waals surface area contributed by atoms with Crippen LogP contribution in [-0.4, -0.2) is 183 Å². The number of aliphatic imine (C=N–C) groups is 1. The molecule has 2 heterocycles. The molecule has 414 valence electrons. The Morgan fingerprint density at radius 2 is 1.41 bits per heavy atom. The van der Waals surface area contributed by atoms with E-state index in [1.54, 1.807) is 13.2 Å². The quantitative estimate of drug-likeness (QED) is 0.0157. The first-order chi connectivity index (χ1) is 34.8. The summed E-state index contributed by atoms with van der Waals surface area (Å²) in [5.41, 5.74) is 39.7. The highest BCUT2D eigenvalue weighted by atomic mass is 16.3. The summed E-state index contributed by atoms with van der Waals surface area (Å²) in [6.07, 6.45) is 4.30. The number of primary amides is 1. The van der Waals surface area contributed by atoms with Crippen molar-refractivity contribution in [3.63, 3.8) is 0 Å². The smallest absolute Gasteiger partial charge is 0.245 e. The fourth-order valence-corrected chi connectivity index (χ4v) is 7.86. The van der Waals surface area contributed by atoms with E-state index in [4.69, 9.17) is 40.1 Å². The number of nitrogens with one attached hydrogen (secondary N) is 10. The third kappa shape index (κ3) is 22.9. The topological polar surface area (TPSA) is 492 Å². The van der Waals surface area contributed by atoms with Gasteiger partial charge < -0.3 is 103 Å². The van der Waals surface area contributed by atoms with E-state index in [2.05, 4.69) is 58.2 Å². The number of carbonyl (C=O) groups is 9. The largest absolute Gasteiger partial charge is 0.389 e. The van der Waals surface area contributed by atoms with Gasteiger partial charge in [-0.3, -0.25) is 48.1 Å². The van der Waals surface area contributed by atoms with Crippen LogP contribution in [0.5, 0.6) is 0 Å². The van der Waals surface area contributed by atoms with Crippen molar-refractivity contribution in [1.29, 1.82) is 0 Å². The summed E-state index contributed by atoms with van der Waals surface area (Å²) < 4.78 is 0. The molecule has 0 saturated carbocycles. The number of guanidine groups is 1. The maximum absolute atomic E-state index is 14.2. The van der Waals surface area contributed by atoms with Crippen molar-refractivity contribution in [2.45, 2.75) is 145 Å². The molecule has 2 aliphatic rings. The molecular formula is C44H83N19O10. The summed E-state index contributed by atoms with van der Waals surface area (Å²) in [6, 6.07) is -9.56. The van der Waals surface area contributed by atoms with Gasteiger partial charge in [-0.1, -0.05) is 6.42 Å². The third-order valence-corrected chi connectivity index (χ3v) is 12.0. The Morgan fingerprint density at radius 1 is 0.753 bits per heavy atom. The second-order valence-corrected chi connectivity index (χ2v) is 17.9. The summed E-state index contributed by atoms with van der Waals surface area (Å²) in [6.45, 7) is 2.14. The fraction of sp³-hybridized carbons (Fsp3) is 0.727. The van der Waals surface area contributed by atoms with E-state index in [9.17, 15) is 48.3 Å². The van der Waals surface area contributed by atoms with Crippen LogP contribution in [0.2, 0.25) is 0 Å². The molecule has 2 rings (SSSR count). The Kier molecular flexibility index (Phi) is 29.3. The van der Waals surface area contributed by atoms with Gasteiger partial charge in [0, 0.05) is 38.0 Å². The average Bonchev–Trinajstić information content (AvgIpc) is 4.08. The number of likely N-dealkylation sites (tertiary alicyclic amines) is 1. The molecule has 9 amide bonds. The van der Waals surface area contributed by atoms with Gasteiger partial charge in [0.25, 0.3) is 0 Å². The van der Waals surface area contributed by atoms with Gasteiger partial charge in [0.1, 0.15) is 42.3 Å². The van der Waals surface area contributed by atoms with Crippen molar-refractivity contribution in [1.82, 2.24) is 58.1 Å². The summed E-state index contributed by atoms with van der Waals surface area (Å²) in [5, 5.41) is 37.4. The van der Waals surface area contributed by atoms with Crippen LogP contribution >= 0.6 is 0 Å². The van der Waals surface area contributed by atoms with Gasteiger partial charge in [-0.2, -0.15) is 0 Å². The number of rotatable bonds is 36. The van der Waals surface area contributed by atoms with E-state index in [0.29, 0.717) is 70.4 Å². The van der Waals surface area contributed by atoms with Crippen LogP contribution < -0.4 is 93.3 Å². The zero-order chi connectivity index (χ0) is 54.5. The molecule has 1 saturated heterocycles. The third-order valence-electron chi connectivity index (χ3n) is 12.0. The van der Waals surface area contributed by atoms with E-state index in [1.165, 1.54) is 11.8 Å². The molecular weight excluding hydrogens is 955 g/mol. The zero-order valence-corrected chi connectivity index (χ0v) is 42.2. The van der Waals surface area contributed by atoms with Crippen molar-refractivity contribution >= 4 is 59.1 Å². The normalized spacial score (nSPS) is 17.3. The first kappa shape index (κ1) is 62.7. The second-order valence-electron chi connectivity index (χ2n) is 17.9. The van der Waals surface area contributed by atoms with Crippen LogP contribution in [0.4, 0.5) is 0 Å². The Labute approximate surface area is 426 Å². The number of hydrogen-bond acceptors (Lipinski definition) is 18. The highest BCUT2D eigenvalue weighted by Gasteiger charge is 2.40. The lowest BCUT2D eigenvalue weighted by molar-refractivity contribution is -0.142. The van der Waals surface area contributed by atoms with Gasteiger partial charge in [0.2, 0.25) is 53.2 Å². The molecule has 0 aromatic rings. The van der Waals surface area contributed by atoms with Crippen LogP contribution in [-0.2, 0) is 43.2 Å². The Morgan fingerprint density at radius 3 is 2.04 bits per heavy atom. The minimum Gasteiger partial charge on any atom is -0.389 e. The molecule has 25 N–H and O–H groups in total. The molecule has 0 aromatic heterocycles. The molecule has 29 heteroatoms. The van der Waals surface area contributed by atoms with Gasteiger partial charge >= 0.3 is 0 Å². The number of nitrogens with two attached hydrogens (primary N) is 7. The lowest BCUT2D eigenvalue weighted by Gasteiger charge is -2.30. The fourth-order valence-electron chi connectivity index (χ4n) is 7.86. The number of unbranched alkanes of at least 4 members (excludes halogenated alkanes) is 2. The molecule has 73 heavy (non-hydrogen) atoms. The first-order valence-electron chi connectivity index (χ1n) is 24.9. The molecule has 0 aliphatic carbocycles. The van der Waals surface area contributed by atoms with E-state index in [1.807, 2.05) is 0 Å². The summed E-state index contributed by atoms with van der Waals surface area (Å²) in [5.74, 6) is -6.85. The summed E-state index contributed by atoms with van der Waals surface area (Å²) in [4.78, 5) is 126. The summed E-state index contributed by atoms with van der Waals surface area (Å²) >= 11 is 0. The molecule has 2 aliphatic heterocycles. The monoisotopic (exact) mass is 1040 g/mol. The van der Waals surface area contributed by atoms with Gasteiger partial charge in [-0.15, -0.1) is 0 Å². The summed E-state index contributed by atoms with van der Waals surface area (Å²) in [7, 11) is 1.77. The molecule has 1 fully saturated rings. The Balaban J connectivity index is 2.19. The SMILES string of the molecule is CNCCCC[C@H](NC(=O)C(CC1=CNCN1)NC(=O)[C@@H]1CCCN1C(=O)[C@@H](CCCN)NC(=O)CNC(=O)C(C)NC(=O)[C@@H](NC(=O)C(N)CCCCN)[C@@H](O)CN)C(=O)N[C@H](CCCN=C(N)N)C(N)=O. The second kappa shape index (κ2) is 34.1. The molecule has 0 spiro atoms. The van der Waals surface area contributed by atoms with E-state index >= 15 is 0 Å². The lowest BCUT2D eigenvalue weighted by Crippen LogP contribution is -2.60. The number of aliphatic hydroxyl groups is 1. The Bertz CT molecular complexity index is 1890. The predicted molar refractivity (Wildman–Crippen MR) is 270 cm³/mol. The highest BCUT2D eigenvalue weighted by Crippen LogP contribution is 2.21. The van der Waals surface area contributed by atoms with Gasteiger partial charge in [0.05, 0.1) is 25.4 Å². The Hall–Kier alpha value is -6.40. The van der Waals surface area contributed by atoms with Crippen LogP contribution in [0.15, 0.2) is 16.9 Å². The molecule has 9 atom stereocenters.